The second-order valence-corrected chi connectivity index (χ2v) is 4.23. The Hall–Kier alpha value is 0.590. The molecule has 0 aliphatic rings. The minimum Gasteiger partial charge on any atom is -0.481 e. The molecule has 0 saturated heterocycles. The molecule has 2 radical (unpaired) electrons. The van der Waals surface area contributed by atoms with Gasteiger partial charge in [0.15, 0.2) is 5.25 Å². The molecule has 17 heavy (non-hydrogen) atoms. The van der Waals surface area contributed by atoms with Crippen LogP contribution in [-0.4, -0.2) is 101 Å². The van der Waals surface area contributed by atoms with Crippen molar-refractivity contribution in [2.45, 2.75) is 11.7 Å². The van der Waals surface area contributed by atoms with E-state index >= 15 is 0 Å². The van der Waals surface area contributed by atoms with Gasteiger partial charge in [-0.15, -0.1) is 6.58 Å². The van der Waals surface area contributed by atoms with E-state index in [0.717, 1.165) is 0 Å². The number of carboxylic acid groups (broad SMARTS) is 1. The molecule has 0 spiro atoms. The second kappa shape index (κ2) is 10.5. The quantitative estimate of drug-likeness (QED) is 0.302. The van der Waals surface area contributed by atoms with Crippen LogP contribution in [-0.2, 0) is 19.7 Å². The van der Waals surface area contributed by atoms with Crippen molar-refractivity contribution >= 4 is 81.1 Å². The van der Waals surface area contributed by atoms with Gasteiger partial charge in [-0.2, -0.15) is 8.42 Å². The number of carbonyl (C=O) groups excluding carboxylic acids is 1. The molecule has 0 aromatic rings. The molecule has 3 N–H and O–H groups in total. The van der Waals surface area contributed by atoms with E-state index in [1.807, 2.05) is 0 Å². The van der Waals surface area contributed by atoms with E-state index < -0.39 is 33.7 Å². The van der Waals surface area contributed by atoms with Crippen LogP contribution in [0.5, 0.6) is 0 Å². The SMILES string of the molecule is C=CCNC(=O)C(CC(=O)O)S(=O)(=O)O.[Na].[Na]. The number of hydrogen-bond acceptors (Lipinski definition) is 4. The molecule has 0 fully saturated rings. The van der Waals surface area contributed by atoms with Crippen LogP contribution < -0.4 is 5.32 Å². The summed E-state index contributed by atoms with van der Waals surface area (Å²) in [7, 11) is -4.72. The summed E-state index contributed by atoms with van der Waals surface area (Å²) in [6.07, 6.45) is 0.307. The van der Waals surface area contributed by atoms with Crippen molar-refractivity contribution in [1.82, 2.24) is 5.32 Å². The Morgan fingerprint density at radius 1 is 1.35 bits per heavy atom. The fraction of sp³-hybridized carbons (Fsp3) is 0.429. The maximum absolute atomic E-state index is 11.1. The van der Waals surface area contributed by atoms with Crippen LogP contribution >= 0.6 is 0 Å². The van der Waals surface area contributed by atoms with Gasteiger partial charge in [-0.1, -0.05) is 6.08 Å². The van der Waals surface area contributed by atoms with Gasteiger partial charge < -0.3 is 10.4 Å². The largest absolute Gasteiger partial charge is 0.481 e. The van der Waals surface area contributed by atoms with Gasteiger partial charge in [-0.05, 0) is 0 Å². The molecule has 0 heterocycles. The molecule has 7 nitrogen and oxygen atoms in total. The predicted molar refractivity (Wildman–Crippen MR) is 62.3 cm³/mol. The summed E-state index contributed by atoms with van der Waals surface area (Å²) in [5.41, 5.74) is 0. The molecular formula is C7H11NNa2O6S. The van der Waals surface area contributed by atoms with Crippen LogP contribution in [0.2, 0.25) is 0 Å². The van der Waals surface area contributed by atoms with Crippen LogP contribution in [0.15, 0.2) is 12.7 Å². The number of carboxylic acids is 1. The van der Waals surface area contributed by atoms with Gasteiger partial charge in [0.05, 0.1) is 6.42 Å². The topological polar surface area (TPSA) is 121 Å². The fourth-order valence-electron chi connectivity index (χ4n) is 0.778. The molecule has 0 aromatic carbocycles. The maximum atomic E-state index is 11.1. The van der Waals surface area contributed by atoms with E-state index in [2.05, 4.69) is 11.9 Å². The van der Waals surface area contributed by atoms with Gasteiger partial charge in [-0.3, -0.25) is 14.1 Å². The van der Waals surface area contributed by atoms with E-state index in [-0.39, 0.29) is 65.7 Å². The molecule has 0 bridgehead atoms. The Labute approximate surface area is 143 Å². The zero-order valence-electron chi connectivity index (χ0n) is 9.71. The van der Waals surface area contributed by atoms with Gasteiger partial charge in [0.2, 0.25) is 5.91 Å². The van der Waals surface area contributed by atoms with Crippen molar-refractivity contribution in [3.63, 3.8) is 0 Å². The third-order valence-electron chi connectivity index (χ3n) is 1.43. The molecule has 1 amide bonds. The summed E-state index contributed by atoms with van der Waals surface area (Å²) >= 11 is 0. The Balaban J connectivity index is -0.000000980. The smallest absolute Gasteiger partial charge is 0.305 e. The Morgan fingerprint density at radius 2 is 1.82 bits per heavy atom. The van der Waals surface area contributed by atoms with Gasteiger partial charge >= 0.3 is 5.97 Å². The van der Waals surface area contributed by atoms with Crippen LogP contribution in [0, 0.1) is 0 Å². The zero-order valence-corrected chi connectivity index (χ0v) is 14.5. The summed E-state index contributed by atoms with van der Waals surface area (Å²) in [5.74, 6) is -2.56. The summed E-state index contributed by atoms with van der Waals surface area (Å²) in [6.45, 7) is 3.26. The van der Waals surface area contributed by atoms with Crippen LogP contribution in [0.4, 0.5) is 0 Å². The van der Waals surface area contributed by atoms with E-state index in [1.165, 1.54) is 6.08 Å². The van der Waals surface area contributed by atoms with E-state index in [9.17, 15) is 18.0 Å². The minimum absolute atomic E-state index is 0. The molecule has 0 aromatic heterocycles. The van der Waals surface area contributed by atoms with Crippen molar-refractivity contribution in [2.24, 2.45) is 0 Å². The number of carbonyl (C=O) groups is 2. The molecule has 1 atom stereocenters. The Kier molecular flexibility index (Phi) is 14.1. The number of hydrogen-bond donors (Lipinski definition) is 3. The first kappa shape index (κ1) is 22.7. The number of amides is 1. The first-order valence-corrected chi connectivity index (χ1v) is 5.36. The first-order valence-electron chi connectivity index (χ1n) is 3.85. The standard InChI is InChI=1S/C7H11NO6S.2Na/c1-2-3-8-7(11)5(4-6(9)10)15(12,13)14;;/h2,5H,1,3-4H2,(H,8,11)(H,9,10)(H,12,13,14);;. The third-order valence-corrected chi connectivity index (χ3v) is 2.53. The maximum Gasteiger partial charge on any atom is 0.305 e. The summed E-state index contributed by atoms with van der Waals surface area (Å²) in [6, 6.07) is 0. The molecular weight excluding hydrogens is 272 g/mol. The van der Waals surface area contributed by atoms with Crippen LogP contribution in [0.25, 0.3) is 0 Å². The molecule has 1 unspecified atom stereocenters. The predicted octanol–water partition coefficient (Wildman–Crippen LogP) is -1.74. The molecule has 0 saturated carbocycles. The average Bonchev–Trinajstić information content (AvgIpc) is 2.08. The van der Waals surface area contributed by atoms with Crippen molar-refractivity contribution in [3.8, 4) is 0 Å². The van der Waals surface area contributed by atoms with E-state index in [4.69, 9.17) is 9.66 Å². The van der Waals surface area contributed by atoms with Crippen molar-refractivity contribution in [3.05, 3.63) is 12.7 Å². The van der Waals surface area contributed by atoms with Crippen molar-refractivity contribution in [1.29, 1.82) is 0 Å². The zero-order chi connectivity index (χ0) is 12.1. The fourth-order valence-corrected chi connectivity index (χ4v) is 1.49. The average molecular weight is 283 g/mol. The molecule has 0 aliphatic carbocycles. The van der Waals surface area contributed by atoms with E-state index in [1.54, 1.807) is 0 Å². The second-order valence-electron chi connectivity index (χ2n) is 2.64. The minimum atomic E-state index is -4.72. The summed E-state index contributed by atoms with van der Waals surface area (Å²) in [4.78, 5) is 21.4. The molecule has 10 heteroatoms. The molecule has 88 valence electrons. The van der Waals surface area contributed by atoms with Crippen molar-refractivity contribution < 1.29 is 27.7 Å². The number of rotatable bonds is 6. The van der Waals surface area contributed by atoms with Crippen LogP contribution in [0.1, 0.15) is 6.42 Å². The van der Waals surface area contributed by atoms with Crippen molar-refractivity contribution in [2.75, 3.05) is 6.54 Å². The number of nitrogens with one attached hydrogen (secondary N) is 1. The third kappa shape index (κ3) is 10.2. The number of aliphatic carboxylic acids is 1. The molecule has 0 aliphatic heterocycles. The monoisotopic (exact) mass is 283 g/mol. The normalized spacial score (nSPS) is 11.4. The first-order chi connectivity index (χ1) is 6.79. The van der Waals surface area contributed by atoms with Crippen LogP contribution in [0.3, 0.4) is 0 Å². The summed E-state index contributed by atoms with van der Waals surface area (Å²) in [5, 5.41) is 8.44. The molecule has 0 rings (SSSR count). The Morgan fingerprint density at radius 3 is 2.12 bits per heavy atom. The van der Waals surface area contributed by atoms with E-state index in [0.29, 0.717) is 0 Å². The Bertz CT molecular complexity index is 369. The van der Waals surface area contributed by atoms with Gasteiger partial charge in [0.25, 0.3) is 10.1 Å². The van der Waals surface area contributed by atoms with Gasteiger partial charge in [0, 0.05) is 65.7 Å². The van der Waals surface area contributed by atoms with Gasteiger partial charge in [-0.25, -0.2) is 0 Å². The van der Waals surface area contributed by atoms with Gasteiger partial charge in [0.1, 0.15) is 0 Å². The summed E-state index contributed by atoms with van der Waals surface area (Å²) < 4.78 is 30.0.